The van der Waals surface area contributed by atoms with Crippen molar-refractivity contribution in [3.8, 4) is 0 Å². The zero-order valence-electron chi connectivity index (χ0n) is 11.4. The quantitative estimate of drug-likeness (QED) is 0.852. The van der Waals surface area contributed by atoms with Crippen molar-refractivity contribution in [2.24, 2.45) is 11.8 Å². The third-order valence-electron chi connectivity index (χ3n) is 4.58. The molecule has 0 bridgehead atoms. The summed E-state index contributed by atoms with van der Waals surface area (Å²) in [6.07, 6.45) is 2.76. The van der Waals surface area contributed by atoms with Crippen LogP contribution in [0.25, 0.3) is 0 Å². The predicted octanol–water partition coefficient (Wildman–Crippen LogP) is 2.01. The Morgan fingerprint density at radius 2 is 2.35 bits per heavy atom. The number of ether oxygens (including phenoxy) is 2. The van der Waals surface area contributed by atoms with Crippen molar-refractivity contribution in [1.82, 2.24) is 4.90 Å². The van der Waals surface area contributed by atoms with E-state index >= 15 is 0 Å². The Morgan fingerprint density at radius 3 is 3.10 bits per heavy atom. The van der Waals surface area contributed by atoms with Gasteiger partial charge in [-0.2, -0.15) is 0 Å². The molecule has 0 aromatic carbocycles. The van der Waals surface area contributed by atoms with Gasteiger partial charge < -0.3 is 14.4 Å². The van der Waals surface area contributed by atoms with Gasteiger partial charge in [-0.25, -0.2) is 0 Å². The number of carbonyl (C=O) groups is 1. The number of hydrogen-bond donors (Lipinski definition) is 0. The minimum atomic E-state index is 0.137. The highest BCUT2D eigenvalue weighted by Crippen LogP contribution is 2.36. The van der Waals surface area contributed by atoms with Crippen molar-refractivity contribution in [2.45, 2.75) is 25.0 Å². The average Bonchev–Trinajstić information content (AvgIpc) is 2.90. The lowest BCUT2D eigenvalue weighted by Crippen LogP contribution is -2.37. The second-order valence-corrected chi connectivity index (χ2v) is 6.97. The number of rotatable bonds is 4. The van der Waals surface area contributed by atoms with Gasteiger partial charge in [-0.15, -0.1) is 11.3 Å². The Bertz CT molecular complexity index is 485. The second-order valence-electron chi connectivity index (χ2n) is 6.02. The van der Waals surface area contributed by atoms with E-state index < -0.39 is 0 Å². The van der Waals surface area contributed by atoms with E-state index in [2.05, 4.69) is 0 Å². The summed E-state index contributed by atoms with van der Waals surface area (Å²) in [5.74, 6) is 1.26. The Kier molecular flexibility index (Phi) is 3.28. The van der Waals surface area contributed by atoms with Crippen molar-refractivity contribution in [3.05, 3.63) is 22.4 Å². The molecule has 1 aromatic rings. The van der Waals surface area contributed by atoms with Gasteiger partial charge in [-0.05, 0) is 30.2 Å². The molecule has 0 unspecified atom stereocenters. The number of thiophene rings is 1. The summed E-state index contributed by atoms with van der Waals surface area (Å²) in [7, 11) is 0. The first-order valence-corrected chi connectivity index (χ1v) is 8.24. The summed E-state index contributed by atoms with van der Waals surface area (Å²) < 4.78 is 11.7. The molecule has 0 spiro atoms. The fourth-order valence-electron chi connectivity index (χ4n) is 3.20. The molecule has 20 heavy (non-hydrogen) atoms. The molecule has 2 saturated heterocycles. The number of fused-ring (bicyclic) bond motifs is 1. The van der Waals surface area contributed by atoms with E-state index in [9.17, 15) is 4.79 Å². The maximum atomic E-state index is 12.6. The molecule has 1 aliphatic carbocycles. The lowest BCUT2D eigenvalue weighted by atomic mass is 10.0. The molecule has 0 radical (unpaired) electrons. The fraction of sp³-hybridized carbons (Fsp3) is 0.667. The van der Waals surface area contributed by atoms with Crippen LogP contribution in [-0.4, -0.2) is 49.3 Å². The molecule has 4 nitrogen and oxygen atoms in total. The summed E-state index contributed by atoms with van der Waals surface area (Å²) in [5, 5.41) is 1.95. The lowest BCUT2D eigenvalue weighted by Gasteiger charge is -2.21. The van der Waals surface area contributed by atoms with Crippen LogP contribution in [0.4, 0.5) is 0 Å². The number of amides is 1. The van der Waals surface area contributed by atoms with Crippen LogP contribution in [-0.2, 0) is 9.47 Å². The molecule has 5 heteroatoms. The predicted molar refractivity (Wildman–Crippen MR) is 75.9 cm³/mol. The molecule has 3 heterocycles. The number of nitrogens with zero attached hydrogens (tertiary/aromatic N) is 1. The zero-order valence-corrected chi connectivity index (χ0v) is 12.2. The second kappa shape index (κ2) is 5.13. The fourth-order valence-corrected chi connectivity index (χ4v) is 3.88. The summed E-state index contributed by atoms with van der Waals surface area (Å²) in [6, 6.07) is 4.03. The molecular formula is C15H19NO3S. The molecule has 108 valence electrons. The van der Waals surface area contributed by atoms with Gasteiger partial charge in [-0.1, -0.05) is 6.07 Å². The van der Waals surface area contributed by atoms with Crippen molar-refractivity contribution in [3.63, 3.8) is 0 Å². The van der Waals surface area contributed by atoms with Crippen LogP contribution in [0.3, 0.4) is 0 Å². The maximum Gasteiger partial charge on any atom is 0.264 e. The first kappa shape index (κ1) is 12.8. The van der Waals surface area contributed by atoms with E-state index in [-0.39, 0.29) is 18.1 Å². The SMILES string of the molecule is O=C(c1cccs1)N1C[C@H](OCC2CC2)[C@H]2COC[C@H]21. The summed E-state index contributed by atoms with van der Waals surface area (Å²) in [6.45, 7) is 2.97. The van der Waals surface area contributed by atoms with Crippen LogP contribution < -0.4 is 0 Å². The van der Waals surface area contributed by atoms with Crippen LogP contribution >= 0.6 is 11.3 Å². The van der Waals surface area contributed by atoms with E-state index in [1.165, 1.54) is 24.2 Å². The third-order valence-corrected chi connectivity index (χ3v) is 5.44. The molecule has 3 fully saturated rings. The smallest absolute Gasteiger partial charge is 0.264 e. The van der Waals surface area contributed by atoms with Gasteiger partial charge in [0.2, 0.25) is 0 Å². The summed E-state index contributed by atoms with van der Waals surface area (Å²) in [4.78, 5) is 15.4. The van der Waals surface area contributed by atoms with Crippen LogP contribution in [0.1, 0.15) is 22.5 Å². The molecule has 4 rings (SSSR count). The highest BCUT2D eigenvalue weighted by atomic mass is 32.1. The van der Waals surface area contributed by atoms with Gasteiger partial charge in [0.15, 0.2) is 0 Å². The standard InChI is InChI=1S/C15H19NO3S/c17-15(14-2-1-5-20-14)16-6-13(19-7-10-3-4-10)11-8-18-9-12(11)16/h1-2,5,10-13H,3-4,6-9H2/t11-,12+,13-/m0/s1. The minimum Gasteiger partial charge on any atom is -0.379 e. The Labute approximate surface area is 122 Å². The van der Waals surface area contributed by atoms with Crippen molar-refractivity contribution < 1.29 is 14.3 Å². The van der Waals surface area contributed by atoms with Gasteiger partial charge in [0.1, 0.15) is 0 Å². The molecule has 1 saturated carbocycles. The highest BCUT2D eigenvalue weighted by Gasteiger charge is 2.48. The number of hydrogen-bond acceptors (Lipinski definition) is 4. The molecular weight excluding hydrogens is 274 g/mol. The van der Waals surface area contributed by atoms with Gasteiger partial charge in [0.25, 0.3) is 5.91 Å². The van der Waals surface area contributed by atoms with Crippen LogP contribution in [0, 0.1) is 11.8 Å². The Morgan fingerprint density at radius 1 is 1.45 bits per heavy atom. The lowest BCUT2D eigenvalue weighted by molar-refractivity contribution is 0.0141. The maximum absolute atomic E-state index is 12.6. The topological polar surface area (TPSA) is 38.8 Å². The Hall–Kier alpha value is -0.910. The van der Waals surface area contributed by atoms with Crippen molar-refractivity contribution in [2.75, 3.05) is 26.4 Å². The van der Waals surface area contributed by atoms with E-state index in [4.69, 9.17) is 9.47 Å². The van der Waals surface area contributed by atoms with E-state index in [1.54, 1.807) is 0 Å². The first-order chi connectivity index (χ1) is 9.83. The largest absolute Gasteiger partial charge is 0.379 e. The van der Waals surface area contributed by atoms with Gasteiger partial charge in [0, 0.05) is 19.1 Å². The zero-order chi connectivity index (χ0) is 13.5. The summed E-state index contributed by atoms with van der Waals surface area (Å²) in [5.41, 5.74) is 0. The minimum absolute atomic E-state index is 0.137. The van der Waals surface area contributed by atoms with E-state index in [1.807, 2.05) is 22.4 Å². The van der Waals surface area contributed by atoms with Crippen LogP contribution in [0.15, 0.2) is 17.5 Å². The Balaban J connectivity index is 1.47. The van der Waals surface area contributed by atoms with E-state index in [0.29, 0.717) is 12.5 Å². The third kappa shape index (κ3) is 2.28. The highest BCUT2D eigenvalue weighted by molar-refractivity contribution is 7.12. The number of likely N-dealkylation sites (tertiary alicyclic amines) is 1. The van der Waals surface area contributed by atoms with Crippen molar-refractivity contribution >= 4 is 17.2 Å². The molecule has 1 aromatic heterocycles. The van der Waals surface area contributed by atoms with Crippen LogP contribution in [0.5, 0.6) is 0 Å². The normalized spacial score (nSPS) is 32.6. The average molecular weight is 293 g/mol. The molecule has 3 aliphatic rings. The monoisotopic (exact) mass is 293 g/mol. The first-order valence-electron chi connectivity index (χ1n) is 7.37. The molecule has 2 aliphatic heterocycles. The molecule has 3 atom stereocenters. The van der Waals surface area contributed by atoms with Gasteiger partial charge >= 0.3 is 0 Å². The van der Waals surface area contributed by atoms with Gasteiger partial charge in [0.05, 0.1) is 30.2 Å². The molecule has 1 amide bonds. The summed E-state index contributed by atoms with van der Waals surface area (Å²) >= 11 is 1.51. The molecule has 0 N–H and O–H groups in total. The number of carbonyl (C=O) groups excluding carboxylic acids is 1. The van der Waals surface area contributed by atoms with E-state index in [0.717, 1.165) is 30.6 Å². The van der Waals surface area contributed by atoms with Crippen molar-refractivity contribution in [1.29, 1.82) is 0 Å². The van der Waals surface area contributed by atoms with Gasteiger partial charge in [-0.3, -0.25) is 4.79 Å². The van der Waals surface area contributed by atoms with Crippen LogP contribution in [0.2, 0.25) is 0 Å².